The normalized spacial score (nSPS) is 15.0. The van der Waals surface area contributed by atoms with Crippen LogP contribution in [0.4, 0.5) is 0 Å². The molecule has 1 amide bonds. The summed E-state index contributed by atoms with van der Waals surface area (Å²) in [5.74, 6) is -0.797. The number of carbonyl (C=O) groups is 2. The first kappa shape index (κ1) is 23.2. The highest BCUT2D eigenvalue weighted by Gasteiger charge is 2.24. The first-order valence-electron chi connectivity index (χ1n) is 10.8. The Morgan fingerprint density at radius 1 is 1.06 bits per heavy atom. The van der Waals surface area contributed by atoms with Gasteiger partial charge in [-0.1, -0.05) is 49.6 Å². The summed E-state index contributed by atoms with van der Waals surface area (Å²) in [6, 6.07) is 12.6. The Morgan fingerprint density at radius 2 is 1.77 bits per heavy atom. The summed E-state index contributed by atoms with van der Waals surface area (Å²) in [5.41, 5.74) is 0. The summed E-state index contributed by atoms with van der Waals surface area (Å²) >= 11 is 0. The average Bonchev–Trinajstić information content (AvgIpc) is 2.78. The van der Waals surface area contributed by atoms with Crippen molar-refractivity contribution in [1.82, 2.24) is 9.62 Å². The van der Waals surface area contributed by atoms with E-state index in [4.69, 9.17) is 4.74 Å². The summed E-state index contributed by atoms with van der Waals surface area (Å²) in [6.07, 6.45) is 5.27. The molecule has 1 saturated carbocycles. The van der Waals surface area contributed by atoms with Crippen LogP contribution in [-0.4, -0.2) is 50.9 Å². The number of fused-ring (bicyclic) bond motifs is 1. The lowest BCUT2D eigenvalue weighted by molar-refractivity contribution is -0.153. The highest BCUT2D eigenvalue weighted by Crippen LogP contribution is 2.22. The van der Waals surface area contributed by atoms with E-state index in [1.165, 1.54) is 12.5 Å². The summed E-state index contributed by atoms with van der Waals surface area (Å²) in [6.45, 7) is 2.12. The molecule has 0 bridgehead atoms. The van der Waals surface area contributed by atoms with Crippen molar-refractivity contribution in [2.75, 3.05) is 19.7 Å². The van der Waals surface area contributed by atoms with E-state index >= 15 is 0 Å². The molecule has 1 N–H and O–H groups in total. The van der Waals surface area contributed by atoms with E-state index in [0.29, 0.717) is 6.54 Å². The van der Waals surface area contributed by atoms with Gasteiger partial charge in [0, 0.05) is 19.1 Å². The van der Waals surface area contributed by atoms with Crippen LogP contribution in [0.2, 0.25) is 0 Å². The highest BCUT2D eigenvalue weighted by molar-refractivity contribution is 7.89. The molecule has 1 aliphatic rings. The second kappa shape index (κ2) is 10.7. The Balaban J connectivity index is 1.46. The number of ether oxygens (including phenoxy) is 1. The van der Waals surface area contributed by atoms with Crippen molar-refractivity contribution in [1.29, 1.82) is 0 Å². The Labute approximate surface area is 183 Å². The third kappa shape index (κ3) is 6.27. The Bertz CT molecular complexity index is 1020. The average molecular weight is 447 g/mol. The fraction of sp³-hybridized carbons (Fsp3) is 0.478. The number of carbonyl (C=O) groups excluding carboxylic acids is 2. The SMILES string of the molecule is CCN(C(=O)COC(=O)CCNS(=O)(=O)c1ccc2ccccc2c1)C1CCCCC1. The van der Waals surface area contributed by atoms with Gasteiger partial charge in [-0.15, -0.1) is 0 Å². The number of amides is 1. The minimum Gasteiger partial charge on any atom is -0.456 e. The summed E-state index contributed by atoms with van der Waals surface area (Å²) in [4.78, 5) is 26.4. The lowest BCUT2D eigenvalue weighted by atomic mass is 9.94. The Kier molecular flexibility index (Phi) is 8.03. The topological polar surface area (TPSA) is 92.8 Å². The first-order chi connectivity index (χ1) is 14.9. The number of nitrogens with zero attached hydrogens (tertiary/aromatic N) is 1. The molecule has 0 aliphatic heterocycles. The zero-order valence-electron chi connectivity index (χ0n) is 17.9. The minimum atomic E-state index is -3.74. The third-order valence-electron chi connectivity index (χ3n) is 5.69. The second-order valence-corrected chi connectivity index (χ2v) is 9.56. The molecule has 0 aromatic heterocycles. The highest BCUT2D eigenvalue weighted by atomic mass is 32.2. The molecular formula is C23H30N2O5S. The van der Waals surface area contributed by atoms with Gasteiger partial charge in [0.2, 0.25) is 10.0 Å². The van der Waals surface area contributed by atoms with Crippen molar-refractivity contribution in [3.05, 3.63) is 42.5 Å². The number of rotatable bonds is 9. The zero-order valence-corrected chi connectivity index (χ0v) is 18.7. The number of nitrogens with one attached hydrogen (secondary N) is 1. The van der Waals surface area contributed by atoms with Gasteiger partial charge in [-0.05, 0) is 42.7 Å². The van der Waals surface area contributed by atoms with E-state index in [0.717, 1.165) is 36.5 Å². The van der Waals surface area contributed by atoms with Crippen molar-refractivity contribution >= 4 is 32.7 Å². The number of hydrogen-bond acceptors (Lipinski definition) is 5. The van der Waals surface area contributed by atoms with Crippen LogP contribution >= 0.6 is 0 Å². The monoisotopic (exact) mass is 446 g/mol. The van der Waals surface area contributed by atoms with Gasteiger partial charge in [0.05, 0.1) is 11.3 Å². The molecule has 0 heterocycles. The number of sulfonamides is 1. The molecule has 1 fully saturated rings. The molecule has 8 heteroatoms. The zero-order chi connectivity index (χ0) is 22.3. The van der Waals surface area contributed by atoms with E-state index in [9.17, 15) is 18.0 Å². The summed E-state index contributed by atoms with van der Waals surface area (Å²) in [5, 5.41) is 1.77. The maximum Gasteiger partial charge on any atom is 0.307 e. The molecule has 0 atom stereocenters. The molecule has 168 valence electrons. The molecule has 0 saturated heterocycles. The van der Waals surface area contributed by atoms with Crippen LogP contribution in [0.1, 0.15) is 45.4 Å². The Morgan fingerprint density at radius 3 is 2.48 bits per heavy atom. The van der Waals surface area contributed by atoms with Gasteiger partial charge in [0.15, 0.2) is 6.61 Å². The van der Waals surface area contributed by atoms with Crippen molar-refractivity contribution < 1.29 is 22.7 Å². The van der Waals surface area contributed by atoms with Crippen LogP contribution in [0.5, 0.6) is 0 Å². The standard InChI is InChI=1S/C23H30N2O5S/c1-2-25(20-10-4-3-5-11-20)22(26)17-30-23(27)14-15-24-31(28,29)21-13-12-18-8-6-7-9-19(18)16-21/h6-9,12-13,16,20,24H,2-5,10-11,14-15,17H2,1H3. The molecule has 0 radical (unpaired) electrons. The third-order valence-corrected chi connectivity index (χ3v) is 7.14. The van der Waals surface area contributed by atoms with E-state index in [2.05, 4.69) is 4.72 Å². The number of hydrogen-bond donors (Lipinski definition) is 1. The van der Waals surface area contributed by atoms with Gasteiger partial charge in [-0.3, -0.25) is 9.59 Å². The fourth-order valence-corrected chi connectivity index (χ4v) is 5.10. The molecule has 1 aliphatic carbocycles. The molecule has 2 aromatic rings. The second-order valence-electron chi connectivity index (χ2n) is 7.79. The van der Waals surface area contributed by atoms with Crippen molar-refractivity contribution in [3.63, 3.8) is 0 Å². The van der Waals surface area contributed by atoms with E-state index < -0.39 is 16.0 Å². The lowest BCUT2D eigenvalue weighted by Crippen LogP contribution is -2.43. The minimum absolute atomic E-state index is 0.0949. The summed E-state index contributed by atoms with van der Waals surface area (Å²) < 4.78 is 32.5. The molecule has 31 heavy (non-hydrogen) atoms. The molecule has 2 aromatic carbocycles. The van der Waals surface area contributed by atoms with Crippen LogP contribution in [0.25, 0.3) is 10.8 Å². The van der Waals surface area contributed by atoms with E-state index in [-0.39, 0.29) is 36.4 Å². The van der Waals surface area contributed by atoms with Gasteiger partial charge >= 0.3 is 5.97 Å². The van der Waals surface area contributed by atoms with Gasteiger partial charge in [0.25, 0.3) is 5.91 Å². The maximum absolute atomic E-state index is 12.5. The quantitative estimate of drug-likeness (QED) is 0.597. The fourth-order valence-electron chi connectivity index (χ4n) is 4.03. The summed E-state index contributed by atoms with van der Waals surface area (Å²) in [7, 11) is -3.74. The van der Waals surface area contributed by atoms with Crippen LogP contribution in [0.15, 0.2) is 47.4 Å². The van der Waals surface area contributed by atoms with Crippen LogP contribution in [-0.2, 0) is 24.3 Å². The largest absolute Gasteiger partial charge is 0.456 e. The molecule has 3 rings (SSSR count). The van der Waals surface area contributed by atoms with Crippen molar-refractivity contribution in [3.8, 4) is 0 Å². The lowest BCUT2D eigenvalue weighted by Gasteiger charge is -2.33. The predicted octanol–water partition coefficient (Wildman–Crippen LogP) is 3.23. The van der Waals surface area contributed by atoms with E-state index in [1.54, 1.807) is 17.0 Å². The number of esters is 1. The molecule has 7 nitrogen and oxygen atoms in total. The maximum atomic E-state index is 12.5. The van der Waals surface area contributed by atoms with Crippen LogP contribution in [0.3, 0.4) is 0 Å². The molecule has 0 spiro atoms. The molecule has 0 unspecified atom stereocenters. The number of benzene rings is 2. The smallest absolute Gasteiger partial charge is 0.307 e. The number of likely N-dealkylation sites (N-methyl/N-ethyl adjacent to an activating group) is 1. The van der Waals surface area contributed by atoms with Crippen LogP contribution in [0, 0.1) is 0 Å². The van der Waals surface area contributed by atoms with Crippen LogP contribution < -0.4 is 4.72 Å². The predicted molar refractivity (Wildman–Crippen MR) is 119 cm³/mol. The van der Waals surface area contributed by atoms with Crippen molar-refractivity contribution in [2.24, 2.45) is 0 Å². The van der Waals surface area contributed by atoms with Gasteiger partial charge in [0.1, 0.15) is 0 Å². The van der Waals surface area contributed by atoms with Crippen molar-refractivity contribution in [2.45, 2.75) is 56.4 Å². The van der Waals surface area contributed by atoms with Gasteiger partial charge in [-0.25, -0.2) is 13.1 Å². The van der Waals surface area contributed by atoms with E-state index in [1.807, 2.05) is 31.2 Å². The Hall–Kier alpha value is -2.45. The molecular weight excluding hydrogens is 416 g/mol. The van der Waals surface area contributed by atoms with Gasteiger partial charge in [-0.2, -0.15) is 0 Å². The van der Waals surface area contributed by atoms with Gasteiger partial charge < -0.3 is 9.64 Å². The first-order valence-corrected chi connectivity index (χ1v) is 12.3.